The predicted molar refractivity (Wildman–Crippen MR) is 79.5 cm³/mol. The van der Waals surface area contributed by atoms with Gasteiger partial charge in [-0.05, 0) is 50.1 Å². The van der Waals surface area contributed by atoms with Crippen LogP contribution in [0.15, 0.2) is 44.1 Å². The Labute approximate surface area is 129 Å². The molecule has 0 aliphatic carbocycles. The zero-order chi connectivity index (χ0) is 13.1. The number of halogens is 3. The molecule has 1 N–H and O–H groups in total. The molecular weight excluding hydrogens is 430 g/mol. The van der Waals surface area contributed by atoms with E-state index < -0.39 is 0 Å². The molecule has 0 aliphatic rings. The zero-order valence-electron chi connectivity index (χ0n) is 8.82. The molecule has 92 valence electrons. The molecule has 0 atom stereocenters. The van der Waals surface area contributed by atoms with E-state index in [-0.39, 0.29) is 5.91 Å². The Morgan fingerprint density at radius 1 is 1.11 bits per heavy atom. The Bertz CT molecular complexity index is 587. The summed E-state index contributed by atoms with van der Waals surface area (Å²) in [5, 5.41) is 2.67. The minimum atomic E-state index is -0.250. The number of nitrogens with zero attached hydrogens (tertiary/aromatic N) is 2. The van der Waals surface area contributed by atoms with E-state index >= 15 is 0 Å². The van der Waals surface area contributed by atoms with Crippen molar-refractivity contribution in [3.05, 3.63) is 49.7 Å². The molecule has 1 aromatic carbocycles. The van der Waals surface area contributed by atoms with Crippen molar-refractivity contribution in [3.63, 3.8) is 0 Å². The van der Waals surface area contributed by atoms with Gasteiger partial charge < -0.3 is 5.32 Å². The van der Waals surface area contributed by atoms with Gasteiger partial charge >= 0.3 is 0 Å². The fourth-order valence-electron chi connectivity index (χ4n) is 1.23. The lowest BCUT2D eigenvalue weighted by Crippen LogP contribution is -2.13. The first kappa shape index (κ1) is 13.6. The van der Waals surface area contributed by atoms with Crippen LogP contribution in [0, 0.1) is 0 Å². The van der Waals surface area contributed by atoms with Crippen molar-refractivity contribution in [1.29, 1.82) is 0 Å². The second kappa shape index (κ2) is 5.90. The van der Waals surface area contributed by atoms with Gasteiger partial charge in [-0.25, -0.2) is 9.97 Å². The third kappa shape index (κ3) is 3.37. The van der Waals surface area contributed by atoms with Crippen LogP contribution in [0.1, 0.15) is 10.4 Å². The highest BCUT2D eigenvalue weighted by Crippen LogP contribution is 2.22. The van der Waals surface area contributed by atoms with E-state index in [0.717, 1.165) is 4.47 Å². The number of aromatic nitrogens is 2. The van der Waals surface area contributed by atoms with E-state index in [1.807, 2.05) is 6.07 Å². The highest BCUT2D eigenvalue weighted by Gasteiger charge is 2.11. The molecular formula is C11H6Br3N3O. The van der Waals surface area contributed by atoms with Crippen LogP contribution in [0.2, 0.25) is 0 Å². The maximum atomic E-state index is 12.0. The molecule has 0 saturated heterocycles. The third-order valence-corrected chi connectivity index (χ3v) is 3.63. The standard InChI is InChI=1S/C11H6Br3N3O/c12-6-1-2-8(13)7(3-6)11(18)17-10-5-15-9(14)4-16-10/h1-5H,(H,16,17,18). The Morgan fingerprint density at radius 3 is 2.56 bits per heavy atom. The maximum Gasteiger partial charge on any atom is 0.258 e. The fraction of sp³-hybridized carbons (Fsp3) is 0. The number of carbonyl (C=O) groups is 1. The summed E-state index contributed by atoms with van der Waals surface area (Å²) in [6, 6.07) is 5.37. The van der Waals surface area contributed by atoms with E-state index in [9.17, 15) is 4.79 Å². The summed E-state index contributed by atoms with van der Waals surface area (Å²) in [5.74, 6) is 0.148. The largest absolute Gasteiger partial charge is 0.305 e. The first-order valence-corrected chi connectivity index (χ1v) is 7.18. The van der Waals surface area contributed by atoms with Gasteiger partial charge in [0.2, 0.25) is 0 Å². The Balaban J connectivity index is 2.21. The number of benzene rings is 1. The monoisotopic (exact) mass is 433 g/mol. The van der Waals surface area contributed by atoms with Crippen LogP contribution < -0.4 is 5.32 Å². The van der Waals surface area contributed by atoms with Crippen LogP contribution in [0.4, 0.5) is 5.82 Å². The molecule has 4 nitrogen and oxygen atoms in total. The summed E-state index contributed by atoms with van der Waals surface area (Å²) in [6.07, 6.45) is 3.00. The fourth-order valence-corrected chi connectivity index (χ4v) is 2.22. The summed E-state index contributed by atoms with van der Waals surface area (Å²) in [4.78, 5) is 20.0. The SMILES string of the molecule is O=C(Nc1cnc(Br)cn1)c1cc(Br)ccc1Br. The van der Waals surface area contributed by atoms with Gasteiger partial charge in [-0.3, -0.25) is 4.79 Å². The number of hydrogen-bond acceptors (Lipinski definition) is 3. The first-order chi connectivity index (χ1) is 8.56. The molecule has 0 unspecified atom stereocenters. The van der Waals surface area contributed by atoms with Gasteiger partial charge in [-0.1, -0.05) is 15.9 Å². The predicted octanol–water partition coefficient (Wildman–Crippen LogP) is 4.02. The molecule has 0 fully saturated rings. The summed E-state index contributed by atoms with van der Waals surface area (Å²) in [6.45, 7) is 0. The van der Waals surface area contributed by atoms with E-state index in [2.05, 4.69) is 63.1 Å². The van der Waals surface area contributed by atoms with Gasteiger partial charge in [0.1, 0.15) is 4.60 Å². The normalized spacial score (nSPS) is 10.2. The average Bonchev–Trinajstić information content (AvgIpc) is 2.35. The molecule has 2 rings (SSSR count). The second-order valence-corrected chi connectivity index (χ2v) is 5.89. The molecule has 0 saturated carbocycles. The van der Waals surface area contributed by atoms with Gasteiger partial charge in [-0.15, -0.1) is 0 Å². The summed E-state index contributed by atoms with van der Waals surface area (Å²) < 4.78 is 2.16. The van der Waals surface area contributed by atoms with Crippen LogP contribution in [-0.4, -0.2) is 15.9 Å². The lowest BCUT2D eigenvalue weighted by Gasteiger charge is -2.06. The van der Waals surface area contributed by atoms with E-state index in [4.69, 9.17) is 0 Å². The molecule has 2 aromatic rings. The first-order valence-electron chi connectivity index (χ1n) is 4.80. The van der Waals surface area contributed by atoms with Crippen molar-refractivity contribution in [2.24, 2.45) is 0 Å². The maximum absolute atomic E-state index is 12.0. The summed E-state index contributed by atoms with van der Waals surface area (Å²) >= 11 is 9.83. The molecule has 0 radical (unpaired) electrons. The number of nitrogens with one attached hydrogen (secondary N) is 1. The molecule has 7 heteroatoms. The van der Waals surface area contributed by atoms with Gasteiger partial charge in [0.05, 0.1) is 18.0 Å². The van der Waals surface area contributed by atoms with Crippen LogP contribution in [0.25, 0.3) is 0 Å². The molecule has 1 heterocycles. The van der Waals surface area contributed by atoms with E-state index in [1.165, 1.54) is 12.4 Å². The van der Waals surface area contributed by atoms with Crippen LogP contribution in [-0.2, 0) is 0 Å². The smallest absolute Gasteiger partial charge is 0.258 e. The minimum absolute atomic E-state index is 0.250. The van der Waals surface area contributed by atoms with Gasteiger partial charge in [-0.2, -0.15) is 0 Å². The quantitative estimate of drug-likeness (QED) is 0.775. The van der Waals surface area contributed by atoms with Crippen LogP contribution in [0.3, 0.4) is 0 Å². The van der Waals surface area contributed by atoms with E-state index in [1.54, 1.807) is 12.1 Å². The summed E-state index contributed by atoms with van der Waals surface area (Å²) in [5.41, 5.74) is 0.522. The Hall–Kier alpha value is -0.790. The van der Waals surface area contributed by atoms with E-state index in [0.29, 0.717) is 20.5 Å². The number of rotatable bonds is 2. The highest BCUT2D eigenvalue weighted by atomic mass is 79.9. The molecule has 1 amide bonds. The van der Waals surface area contributed by atoms with Gasteiger partial charge in [0, 0.05) is 8.95 Å². The second-order valence-electron chi connectivity index (χ2n) is 3.30. The number of hydrogen-bond donors (Lipinski definition) is 1. The summed E-state index contributed by atoms with van der Waals surface area (Å²) in [7, 11) is 0. The molecule has 18 heavy (non-hydrogen) atoms. The van der Waals surface area contributed by atoms with Crippen LogP contribution >= 0.6 is 47.8 Å². The Kier molecular flexibility index (Phi) is 4.47. The minimum Gasteiger partial charge on any atom is -0.305 e. The van der Waals surface area contributed by atoms with Crippen molar-refractivity contribution < 1.29 is 4.79 Å². The highest BCUT2D eigenvalue weighted by molar-refractivity contribution is 9.11. The van der Waals surface area contributed by atoms with Crippen molar-refractivity contribution in [3.8, 4) is 0 Å². The van der Waals surface area contributed by atoms with Crippen molar-refractivity contribution in [2.75, 3.05) is 5.32 Å². The number of amides is 1. The molecule has 1 aromatic heterocycles. The van der Waals surface area contributed by atoms with Gasteiger partial charge in [0.15, 0.2) is 5.82 Å². The number of anilines is 1. The molecule has 0 bridgehead atoms. The molecule has 0 aliphatic heterocycles. The van der Waals surface area contributed by atoms with Crippen molar-refractivity contribution in [1.82, 2.24) is 9.97 Å². The van der Waals surface area contributed by atoms with Crippen molar-refractivity contribution >= 4 is 59.5 Å². The molecule has 0 spiro atoms. The topological polar surface area (TPSA) is 54.9 Å². The lowest BCUT2D eigenvalue weighted by atomic mass is 10.2. The Morgan fingerprint density at radius 2 is 1.89 bits per heavy atom. The third-order valence-electron chi connectivity index (χ3n) is 2.03. The van der Waals surface area contributed by atoms with Gasteiger partial charge in [0.25, 0.3) is 5.91 Å². The number of carbonyl (C=O) groups excluding carboxylic acids is 1. The average molecular weight is 436 g/mol. The lowest BCUT2D eigenvalue weighted by molar-refractivity contribution is 0.102. The van der Waals surface area contributed by atoms with Crippen molar-refractivity contribution in [2.45, 2.75) is 0 Å². The van der Waals surface area contributed by atoms with Crippen LogP contribution in [0.5, 0.6) is 0 Å². The zero-order valence-corrected chi connectivity index (χ0v) is 13.6.